The quantitative estimate of drug-likeness (QED) is 0.740. The van der Waals surface area contributed by atoms with E-state index in [-0.39, 0.29) is 18.1 Å². The first-order valence-corrected chi connectivity index (χ1v) is 9.00. The molecule has 0 spiro atoms. The number of benzene rings is 2. The fraction of sp³-hybridized carbons (Fsp3) is 0.238. The first kappa shape index (κ1) is 19.1. The molecule has 1 unspecified atom stereocenters. The highest BCUT2D eigenvalue weighted by atomic mass is 16.2. The molecule has 1 N–H and O–H groups in total. The molecule has 1 amide bonds. The SMILES string of the molecule is CCC(C)n1c(=O)c2ccccc2n(CC(=O)Nc2cccc(C#N)c2)c1=O. The molecule has 1 atom stereocenters. The summed E-state index contributed by atoms with van der Waals surface area (Å²) in [6.07, 6.45) is 0.612. The number of nitrogens with zero attached hydrogens (tertiary/aromatic N) is 3. The number of fused-ring (bicyclic) bond motifs is 1. The van der Waals surface area contributed by atoms with Crippen molar-refractivity contribution in [2.24, 2.45) is 0 Å². The fourth-order valence-electron chi connectivity index (χ4n) is 3.07. The third kappa shape index (κ3) is 3.58. The Labute approximate surface area is 161 Å². The van der Waals surface area contributed by atoms with Crippen LogP contribution in [-0.2, 0) is 11.3 Å². The highest BCUT2D eigenvalue weighted by molar-refractivity contribution is 5.91. The predicted octanol–water partition coefficient (Wildman–Crippen LogP) is 2.64. The van der Waals surface area contributed by atoms with E-state index >= 15 is 0 Å². The topological polar surface area (TPSA) is 96.9 Å². The molecule has 142 valence electrons. The normalized spacial score (nSPS) is 11.8. The number of carbonyl (C=O) groups is 1. The number of nitrogens with one attached hydrogen (secondary N) is 1. The molecule has 1 aromatic heterocycles. The maximum absolute atomic E-state index is 13.0. The third-order valence-electron chi connectivity index (χ3n) is 4.69. The van der Waals surface area contributed by atoms with Gasteiger partial charge in [0, 0.05) is 11.7 Å². The molecule has 2 aromatic carbocycles. The van der Waals surface area contributed by atoms with Gasteiger partial charge in [0.25, 0.3) is 5.56 Å². The molecule has 3 rings (SSSR count). The van der Waals surface area contributed by atoms with Gasteiger partial charge in [-0.1, -0.05) is 25.1 Å². The number of carbonyl (C=O) groups excluding carboxylic acids is 1. The van der Waals surface area contributed by atoms with Crippen LogP contribution in [0.3, 0.4) is 0 Å². The fourth-order valence-corrected chi connectivity index (χ4v) is 3.07. The Morgan fingerprint density at radius 3 is 2.64 bits per heavy atom. The van der Waals surface area contributed by atoms with Crippen molar-refractivity contribution < 1.29 is 4.79 Å². The van der Waals surface area contributed by atoms with E-state index in [9.17, 15) is 14.4 Å². The van der Waals surface area contributed by atoms with Gasteiger partial charge in [-0.2, -0.15) is 5.26 Å². The summed E-state index contributed by atoms with van der Waals surface area (Å²) in [5, 5.41) is 12.1. The van der Waals surface area contributed by atoms with Crippen LogP contribution in [0.2, 0.25) is 0 Å². The monoisotopic (exact) mass is 376 g/mol. The van der Waals surface area contributed by atoms with Gasteiger partial charge in [0.1, 0.15) is 6.54 Å². The Bertz CT molecular complexity index is 1200. The molecule has 0 fully saturated rings. The highest BCUT2D eigenvalue weighted by Crippen LogP contribution is 2.13. The Morgan fingerprint density at radius 1 is 1.18 bits per heavy atom. The van der Waals surface area contributed by atoms with Gasteiger partial charge < -0.3 is 5.32 Å². The number of para-hydroxylation sites is 1. The van der Waals surface area contributed by atoms with Gasteiger partial charge in [-0.25, -0.2) is 4.79 Å². The summed E-state index contributed by atoms with van der Waals surface area (Å²) in [6.45, 7) is 3.45. The van der Waals surface area contributed by atoms with Gasteiger partial charge in [-0.3, -0.25) is 18.7 Å². The minimum Gasteiger partial charge on any atom is -0.324 e. The van der Waals surface area contributed by atoms with Crippen molar-refractivity contribution in [3.05, 3.63) is 74.9 Å². The summed E-state index contributed by atoms with van der Waals surface area (Å²) in [4.78, 5) is 38.3. The van der Waals surface area contributed by atoms with E-state index in [2.05, 4.69) is 5.32 Å². The molecule has 0 aliphatic carbocycles. The van der Waals surface area contributed by atoms with Crippen molar-refractivity contribution in [2.45, 2.75) is 32.9 Å². The van der Waals surface area contributed by atoms with Gasteiger partial charge in [-0.05, 0) is 43.7 Å². The molecule has 7 nitrogen and oxygen atoms in total. The lowest BCUT2D eigenvalue weighted by Gasteiger charge is -2.17. The second-order valence-electron chi connectivity index (χ2n) is 6.56. The molecule has 0 bridgehead atoms. The summed E-state index contributed by atoms with van der Waals surface area (Å²) in [6, 6.07) is 15.0. The van der Waals surface area contributed by atoms with Crippen LogP contribution in [0.1, 0.15) is 31.9 Å². The third-order valence-corrected chi connectivity index (χ3v) is 4.69. The summed E-state index contributed by atoms with van der Waals surface area (Å²) in [7, 11) is 0. The molecular formula is C21H20N4O3. The van der Waals surface area contributed by atoms with Gasteiger partial charge >= 0.3 is 5.69 Å². The van der Waals surface area contributed by atoms with Gasteiger partial charge in [0.2, 0.25) is 5.91 Å². The van der Waals surface area contributed by atoms with Crippen molar-refractivity contribution in [1.29, 1.82) is 5.26 Å². The molecular weight excluding hydrogens is 356 g/mol. The van der Waals surface area contributed by atoms with E-state index in [0.29, 0.717) is 28.6 Å². The van der Waals surface area contributed by atoms with Crippen LogP contribution >= 0.6 is 0 Å². The minimum atomic E-state index is -0.515. The summed E-state index contributed by atoms with van der Waals surface area (Å²) < 4.78 is 2.51. The second kappa shape index (κ2) is 7.92. The van der Waals surface area contributed by atoms with Crippen LogP contribution in [0.4, 0.5) is 5.69 Å². The maximum Gasteiger partial charge on any atom is 0.332 e. The lowest BCUT2D eigenvalue weighted by atomic mass is 10.2. The van der Waals surface area contributed by atoms with E-state index in [1.54, 1.807) is 55.5 Å². The summed E-state index contributed by atoms with van der Waals surface area (Å²) in [5.74, 6) is -0.420. The van der Waals surface area contributed by atoms with Gasteiger partial charge in [-0.15, -0.1) is 0 Å². The molecule has 28 heavy (non-hydrogen) atoms. The molecule has 0 aliphatic rings. The molecule has 0 saturated heterocycles. The second-order valence-corrected chi connectivity index (χ2v) is 6.56. The Kier molecular flexibility index (Phi) is 5.41. The standard InChI is InChI=1S/C21H20N4O3/c1-3-14(2)25-20(27)17-9-4-5-10-18(17)24(21(25)28)13-19(26)23-16-8-6-7-15(11-16)12-22/h4-11,14H,3,13H2,1-2H3,(H,23,26). The van der Waals surface area contributed by atoms with E-state index < -0.39 is 11.6 Å². The van der Waals surface area contributed by atoms with Crippen LogP contribution in [-0.4, -0.2) is 15.0 Å². The molecule has 0 saturated carbocycles. The van der Waals surface area contributed by atoms with Crippen molar-refractivity contribution >= 4 is 22.5 Å². The maximum atomic E-state index is 13.0. The number of hydrogen-bond acceptors (Lipinski definition) is 4. The Morgan fingerprint density at radius 2 is 1.93 bits per heavy atom. The first-order valence-electron chi connectivity index (χ1n) is 9.00. The van der Waals surface area contributed by atoms with E-state index in [1.807, 2.05) is 13.0 Å². The number of nitriles is 1. The number of aromatic nitrogens is 2. The Balaban J connectivity index is 2.05. The minimum absolute atomic E-state index is 0.243. The van der Waals surface area contributed by atoms with Crippen LogP contribution in [0.25, 0.3) is 10.9 Å². The lowest BCUT2D eigenvalue weighted by Crippen LogP contribution is -2.43. The van der Waals surface area contributed by atoms with Crippen molar-refractivity contribution in [3.63, 3.8) is 0 Å². The summed E-state index contributed by atoms with van der Waals surface area (Å²) >= 11 is 0. The van der Waals surface area contributed by atoms with Crippen molar-refractivity contribution in [1.82, 2.24) is 9.13 Å². The van der Waals surface area contributed by atoms with Crippen LogP contribution in [0, 0.1) is 11.3 Å². The molecule has 7 heteroatoms. The van der Waals surface area contributed by atoms with Crippen molar-refractivity contribution in [2.75, 3.05) is 5.32 Å². The van der Waals surface area contributed by atoms with Crippen molar-refractivity contribution in [3.8, 4) is 6.07 Å². The zero-order valence-corrected chi connectivity index (χ0v) is 15.7. The zero-order chi connectivity index (χ0) is 20.3. The average molecular weight is 376 g/mol. The first-order chi connectivity index (χ1) is 13.5. The highest BCUT2D eigenvalue weighted by Gasteiger charge is 2.18. The smallest absolute Gasteiger partial charge is 0.324 e. The van der Waals surface area contributed by atoms with Crippen LogP contribution in [0.15, 0.2) is 58.1 Å². The van der Waals surface area contributed by atoms with Crippen LogP contribution < -0.4 is 16.6 Å². The number of hydrogen-bond donors (Lipinski definition) is 1. The van der Waals surface area contributed by atoms with Crippen LogP contribution in [0.5, 0.6) is 0 Å². The molecule has 0 radical (unpaired) electrons. The van der Waals surface area contributed by atoms with E-state index in [0.717, 1.165) is 0 Å². The lowest BCUT2D eigenvalue weighted by molar-refractivity contribution is -0.116. The molecule has 0 aliphatic heterocycles. The van der Waals surface area contributed by atoms with E-state index in [4.69, 9.17) is 5.26 Å². The van der Waals surface area contributed by atoms with Gasteiger partial charge in [0.05, 0.1) is 22.5 Å². The Hall–Kier alpha value is -3.66. The largest absolute Gasteiger partial charge is 0.332 e. The predicted molar refractivity (Wildman–Crippen MR) is 107 cm³/mol. The number of anilines is 1. The zero-order valence-electron chi connectivity index (χ0n) is 15.7. The van der Waals surface area contributed by atoms with Gasteiger partial charge in [0.15, 0.2) is 0 Å². The summed E-state index contributed by atoms with van der Waals surface area (Å²) in [5.41, 5.74) is 0.438. The number of rotatable bonds is 5. The van der Waals surface area contributed by atoms with E-state index in [1.165, 1.54) is 9.13 Å². The number of amides is 1. The molecule has 3 aromatic rings. The molecule has 1 heterocycles. The average Bonchev–Trinajstić information content (AvgIpc) is 2.71.